The quantitative estimate of drug-likeness (QED) is 0.815. The molecule has 0 spiro atoms. The molecule has 1 saturated heterocycles. The van der Waals surface area contributed by atoms with Gasteiger partial charge in [0.2, 0.25) is 0 Å². The molecular formula is C12H14ClNO2. The standard InChI is InChI=1S/C12H14ClNO2/c13-10-2-1-9(8-3-4-14-7-8)11-12(10)16-6-5-15-11/h1-2,8,14H,3-7H2. The predicted molar refractivity (Wildman–Crippen MR) is 62.7 cm³/mol. The van der Waals surface area contributed by atoms with Gasteiger partial charge in [-0.05, 0) is 19.0 Å². The van der Waals surface area contributed by atoms with E-state index in [0.717, 1.165) is 31.0 Å². The van der Waals surface area contributed by atoms with Gasteiger partial charge in [-0.25, -0.2) is 0 Å². The first kappa shape index (κ1) is 10.2. The largest absolute Gasteiger partial charge is 0.486 e. The van der Waals surface area contributed by atoms with Gasteiger partial charge in [-0.1, -0.05) is 17.7 Å². The first-order valence-electron chi connectivity index (χ1n) is 5.65. The third-order valence-corrected chi connectivity index (χ3v) is 3.47. The smallest absolute Gasteiger partial charge is 0.180 e. The van der Waals surface area contributed by atoms with Gasteiger partial charge < -0.3 is 14.8 Å². The van der Waals surface area contributed by atoms with E-state index in [-0.39, 0.29) is 0 Å². The summed E-state index contributed by atoms with van der Waals surface area (Å²) in [5.41, 5.74) is 1.23. The van der Waals surface area contributed by atoms with Crippen molar-refractivity contribution in [1.29, 1.82) is 0 Å². The predicted octanol–water partition coefficient (Wildman–Crippen LogP) is 2.19. The van der Waals surface area contributed by atoms with Crippen LogP contribution in [0.2, 0.25) is 5.02 Å². The Morgan fingerprint density at radius 2 is 2.00 bits per heavy atom. The Labute approximate surface area is 99.7 Å². The number of ether oxygens (including phenoxy) is 2. The lowest BCUT2D eigenvalue weighted by atomic mass is 9.97. The van der Waals surface area contributed by atoms with Crippen LogP contribution in [0.3, 0.4) is 0 Å². The van der Waals surface area contributed by atoms with Gasteiger partial charge in [-0.2, -0.15) is 0 Å². The minimum atomic E-state index is 0.521. The number of rotatable bonds is 1. The Balaban J connectivity index is 2.04. The zero-order chi connectivity index (χ0) is 11.0. The third-order valence-electron chi connectivity index (χ3n) is 3.17. The van der Waals surface area contributed by atoms with Crippen LogP contribution in [0.15, 0.2) is 12.1 Å². The monoisotopic (exact) mass is 239 g/mol. The van der Waals surface area contributed by atoms with Gasteiger partial charge in [0.05, 0.1) is 5.02 Å². The van der Waals surface area contributed by atoms with E-state index >= 15 is 0 Å². The third kappa shape index (κ3) is 1.64. The molecule has 0 aromatic heterocycles. The van der Waals surface area contributed by atoms with Gasteiger partial charge in [0.25, 0.3) is 0 Å². The number of halogens is 1. The van der Waals surface area contributed by atoms with Crippen molar-refractivity contribution in [2.24, 2.45) is 0 Å². The Morgan fingerprint density at radius 3 is 2.75 bits per heavy atom. The van der Waals surface area contributed by atoms with E-state index in [2.05, 4.69) is 11.4 Å². The molecule has 0 bridgehead atoms. The summed E-state index contributed by atoms with van der Waals surface area (Å²) in [5, 5.41) is 4.01. The number of fused-ring (bicyclic) bond motifs is 1. The van der Waals surface area contributed by atoms with Gasteiger partial charge in [0.1, 0.15) is 13.2 Å². The molecule has 1 N–H and O–H groups in total. The van der Waals surface area contributed by atoms with Crippen molar-refractivity contribution in [3.05, 3.63) is 22.7 Å². The van der Waals surface area contributed by atoms with E-state index in [4.69, 9.17) is 21.1 Å². The first-order chi connectivity index (χ1) is 7.86. The fraction of sp³-hybridized carbons (Fsp3) is 0.500. The summed E-state index contributed by atoms with van der Waals surface area (Å²) in [7, 11) is 0. The normalized spacial score (nSPS) is 23.4. The Bertz CT molecular complexity index is 402. The highest BCUT2D eigenvalue weighted by Crippen LogP contribution is 2.43. The SMILES string of the molecule is Clc1ccc(C2CCNC2)c2c1OCCO2. The van der Waals surface area contributed by atoms with Gasteiger partial charge in [0.15, 0.2) is 11.5 Å². The topological polar surface area (TPSA) is 30.5 Å². The van der Waals surface area contributed by atoms with E-state index in [1.165, 1.54) is 5.56 Å². The lowest BCUT2D eigenvalue weighted by Crippen LogP contribution is -2.18. The summed E-state index contributed by atoms with van der Waals surface area (Å²) in [6, 6.07) is 3.97. The average Bonchev–Trinajstić information content (AvgIpc) is 2.83. The Morgan fingerprint density at radius 1 is 1.19 bits per heavy atom. The van der Waals surface area contributed by atoms with E-state index in [9.17, 15) is 0 Å². The maximum atomic E-state index is 6.10. The van der Waals surface area contributed by atoms with Crippen LogP contribution >= 0.6 is 11.6 Å². The highest BCUT2D eigenvalue weighted by atomic mass is 35.5. The van der Waals surface area contributed by atoms with E-state index in [1.54, 1.807) is 0 Å². The molecule has 1 atom stereocenters. The summed E-state index contributed by atoms with van der Waals surface area (Å²) < 4.78 is 11.3. The lowest BCUT2D eigenvalue weighted by molar-refractivity contribution is 0.169. The summed E-state index contributed by atoms with van der Waals surface area (Å²) in [6.07, 6.45) is 1.15. The first-order valence-corrected chi connectivity index (χ1v) is 6.03. The highest BCUT2D eigenvalue weighted by molar-refractivity contribution is 6.32. The fourth-order valence-electron chi connectivity index (χ4n) is 2.37. The van der Waals surface area contributed by atoms with Crippen molar-refractivity contribution in [3.8, 4) is 11.5 Å². The molecule has 1 aromatic rings. The van der Waals surface area contributed by atoms with Crippen molar-refractivity contribution in [3.63, 3.8) is 0 Å². The van der Waals surface area contributed by atoms with Gasteiger partial charge >= 0.3 is 0 Å². The minimum Gasteiger partial charge on any atom is -0.486 e. The summed E-state index contributed by atoms with van der Waals surface area (Å²) >= 11 is 6.10. The lowest BCUT2D eigenvalue weighted by Gasteiger charge is -2.24. The number of hydrogen-bond acceptors (Lipinski definition) is 3. The van der Waals surface area contributed by atoms with Crippen LogP contribution in [0.1, 0.15) is 17.9 Å². The molecule has 4 heteroatoms. The molecule has 2 heterocycles. The number of hydrogen-bond donors (Lipinski definition) is 1. The molecule has 86 valence electrons. The molecule has 2 aliphatic heterocycles. The average molecular weight is 240 g/mol. The van der Waals surface area contributed by atoms with E-state index in [0.29, 0.717) is 24.2 Å². The van der Waals surface area contributed by atoms with Crippen molar-refractivity contribution in [1.82, 2.24) is 5.32 Å². The molecule has 0 radical (unpaired) electrons. The molecule has 0 saturated carbocycles. The molecule has 0 aliphatic carbocycles. The van der Waals surface area contributed by atoms with Gasteiger partial charge in [0, 0.05) is 18.0 Å². The highest BCUT2D eigenvalue weighted by Gasteiger charge is 2.26. The van der Waals surface area contributed by atoms with Crippen LogP contribution in [0.25, 0.3) is 0 Å². The second-order valence-electron chi connectivity index (χ2n) is 4.18. The van der Waals surface area contributed by atoms with Crippen LogP contribution < -0.4 is 14.8 Å². The fourth-order valence-corrected chi connectivity index (χ4v) is 2.57. The van der Waals surface area contributed by atoms with Crippen LogP contribution in [-0.2, 0) is 0 Å². The number of benzene rings is 1. The molecular weight excluding hydrogens is 226 g/mol. The molecule has 1 unspecified atom stereocenters. The molecule has 3 rings (SSSR count). The molecule has 2 aliphatic rings. The van der Waals surface area contributed by atoms with Crippen LogP contribution in [-0.4, -0.2) is 26.3 Å². The van der Waals surface area contributed by atoms with Crippen molar-refractivity contribution < 1.29 is 9.47 Å². The zero-order valence-electron chi connectivity index (χ0n) is 8.96. The molecule has 16 heavy (non-hydrogen) atoms. The Kier molecular flexibility index (Phi) is 2.65. The van der Waals surface area contributed by atoms with E-state index < -0.39 is 0 Å². The molecule has 1 fully saturated rings. The second kappa shape index (κ2) is 4.15. The summed E-state index contributed by atoms with van der Waals surface area (Å²) in [4.78, 5) is 0. The van der Waals surface area contributed by atoms with Crippen molar-refractivity contribution in [2.75, 3.05) is 26.3 Å². The van der Waals surface area contributed by atoms with Gasteiger partial charge in [-0.15, -0.1) is 0 Å². The summed E-state index contributed by atoms with van der Waals surface area (Å²) in [5.74, 6) is 2.09. The number of nitrogens with one attached hydrogen (secondary N) is 1. The maximum absolute atomic E-state index is 6.10. The van der Waals surface area contributed by atoms with Crippen molar-refractivity contribution >= 4 is 11.6 Å². The molecule has 0 amide bonds. The van der Waals surface area contributed by atoms with Gasteiger partial charge in [-0.3, -0.25) is 0 Å². The Hall–Kier alpha value is -0.930. The maximum Gasteiger partial charge on any atom is 0.180 e. The molecule has 3 nitrogen and oxygen atoms in total. The van der Waals surface area contributed by atoms with Crippen LogP contribution in [0, 0.1) is 0 Å². The van der Waals surface area contributed by atoms with E-state index in [1.807, 2.05) is 6.07 Å². The van der Waals surface area contributed by atoms with Crippen molar-refractivity contribution in [2.45, 2.75) is 12.3 Å². The second-order valence-corrected chi connectivity index (χ2v) is 4.59. The molecule has 1 aromatic carbocycles. The zero-order valence-corrected chi connectivity index (χ0v) is 9.72. The summed E-state index contributed by atoms with van der Waals surface area (Å²) in [6.45, 7) is 3.28. The van der Waals surface area contributed by atoms with Crippen LogP contribution in [0.5, 0.6) is 11.5 Å². The minimum absolute atomic E-state index is 0.521. The van der Waals surface area contributed by atoms with Crippen LogP contribution in [0.4, 0.5) is 0 Å².